The zero-order valence-electron chi connectivity index (χ0n) is 28.3. The van der Waals surface area contributed by atoms with Crippen LogP contribution in [-0.2, 0) is 30.9 Å². The van der Waals surface area contributed by atoms with E-state index in [0.717, 1.165) is 22.5 Å². The molecule has 3 N–H and O–H groups in total. The van der Waals surface area contributed by atoms with E-state index < -0.39 is 46.6 Å². The third-order valence-corrected chi connectivity index (χ3v) is 9.70. The monoisotopic (exact) mass is 736 g/mol. The van der Waals surface area contributed by atoms with Crippen LogP contribution >= 0.6 is 0 Å². The van der Waals surface area contributed by atoms with Gasteiger partial charge in [-0.3, -0.25) is 9.48 Å². The Bertz CT molecular complexity index is 2190. The maximum Gasteiger partial charge on any atom is 0.491 e. The molecule has 5 rings (SSSR count). The molecule has 0 fully saturated rings. The van der Waals surface area contributed by atoms with E-state index in [2.05, 4.69) is 20.4 Å². The number of ether oxygens (including phenoxy) is 1. The van der Waals surface area contributed by atoms with E-state index in [1.165, 1.54) is 19.9 Å². The van der Waals surface area contributed by atoms with Crippen molar-refractivity contribution in [3.8, 4) is 11.3 Å². The van der Waals surface area contributed by atoms with E-state index in [4.69, 9.17) is 5.10 Å². The maximum atomic E-state index is 13.4. The number of carbonyl (C=O) groups is 3. The number of fused-ring (bicyclic) bond motifs is 1. The van der Waals surface area contributed by atoms with Crippen LogP contribution < -0.4 is 15.4 Å². The Morgan fingerprint density at radius 1 is 0.923 bits per heavy atom. The summed E-state index contributed by atoms with van der Waals surface area (Å²) < 4.78 is 73.5. The van der Waals surface area contributed by atoms with Gasteiger partial charge in [0.1, 0.15) is 17.6 Å². The van der Waals surface area contributed by atoms with E-state index in [1.54, 1.807) is 37.4 Å². The van der Waals surface area contributed by atoms with Crippen LogP contribution in [0.2, 0.25) is 0 Å². The van der Waals surface area contributed by atoms with E-state index in [0.29, 0.717) is 41.7 Å². The molecule has 0 bridgehead atoms. The van der Waals surface area contributed by atoms with Crippen molar-refractivity contribution in [3.05, 3.63) is 107 Å². The summed E-state index contributed by atoms with van der Waals surface area (Å²) in [5, 5.41) is 11.1. The van der Waals surface area contributed by atoms with Crippen LogP contribution in [0.4, 0.5) is 19.0 Å². The Balaban J connectivity index is 1.39. The zero-order chi connectivity index (χ0) is 37.6. The first-order chi connectivity index (χ1) is 24.6. The Hall–Kier alpha value is -5.61. The van der Waals surface area contributed by atoms with Crippen molar-refractivity contribution < 1.29 is 40.7 Å². The third-order valence-electron chi connectivity index (χ3n) is 7.92. The molecule has 0 aliphatic heterocycles. The number of alkyl halides is 3. The van der Waals surface area contributed by atoms with Crippen LogP contribution in [0.5, 0.6) is 0 Å². The van der Waals surface area contributed by atoms with Crippen LogP contribution in [0.1, 0.15) is 33.5 Å². The van der Waals surface area contributed by atoms with Gasteiger partial charge in [0.15, 0.2) is 0 Å². The first-order valence-electron chi connectivity index (χ1n) is 16.1. The molecule has 5 aromatic rings. The number of rotatable bonds is 13. The number of pyridine rings is 1. The number of nitrogens with zero attached hydrogens (tertiary/aromatic N) is 3. The normalized spacial score (nSPS) is 12.3. The third kappa shape index (κ3) is 8.99. The van der Waals surface area contributed by atoms with E-state index in [-0.39, 0.29) is 10.5 Å². The van der Waals surface area contributed by atoms with Crippen molar-refractivity contribution in [2.24, 2.45) is 0 Å². The minimum atomic E-state index is -5.53. The number of halogens is 3. The molecule has 1 amide bonds. The number of hydrogen-bond acceptors (Lipinski definition) is 9. The van der Waals surface area contributed by atoms with E-state index in [1.807, 2.05) is 57.9 Å². The van der Waals surface area contributed by atoms with Gasteiger partial charge in [0.2, 0.25) is 10.0 Å². The smallest absolute Gasteiger partial charge is 0.385 e. The molecule has 12 nitrogen and oxygen atoms in total. The van der Waals surface area contributed by atoms with Gasteiger partial charge in [0, 0.05) is 42.3 Å². The molecule has 272 valence electrons. The van der Waals surface area contributed by atoms with Gasteiger partial charge in [-0.05, 0) is 68.7 Å². The molecule has 0 aliphatic carbocycles. The molecule has 0 spiro atoms. The molecule has 0 radical (unpaired) electrons. The predicted molar refractivity (Wildman–Crippen MR) is 187 cm³/mol. The lowest BCUT2D eigenvalue weighted by molar-refractivity contribution is -0.202. The van der Waals surface area contributed by atoms with Crippen molar-refractivity contribution in [3.63, 3.8) is 0 Å². The Kier molecular flexibility index (Phi) is 11.4. The minimum absolute atomic E-state index is 0.0904. The molecular formula is C36H35F3N6O6S. The first kappa shape index (κ1) is 37.6. The highest BCUT2D eigenvalue weighted by atomic mass is 32.2. The summed E-state index contributed by atoms with van der Waals surface area (Å²) in [7, 11) is -4.57. The fraction of sp³-hybridized carbons (Fsp3) is 0.250. The van der Waals surface area contributed by atoms with Gasteiger partial charge in [-0.15, -0.1) is 0 Å². The first-order valence-corrected chi connectivity index (χ1v) is 17.5. The molecule has 3 aromatic carbocycles. The number of hydrogen-bond donors (Lipinski definition) is 3. The largest absolute Gasteiger partial charge is 0.491 e. The molecule has 2 heterocycles. The van der Waals surface area contributed by atoms with Crippen molar-refractivity contribution in [1.29, 1.82) is 0 Å². The Labute approximate surface area is 297 Å². The highest BCUT2D eigenvalue weighted by molar-refractivity contribution is 7.89. The summed E-state index contributed by atoms with van der Waals surface area (Å²) in [6.45, 7) is 5.06. The predicted octanol–water partition coefficient (Wildman–Crippen LogP) is 5.23. The molecular weight excluding hydrogens is 701 g/mol. The van der Waals surface area contributed by atoms with Gasteiger partial charge in [-0.25, -0.2) is 23.0 Å². The summed E-state index contributed by atoms with van der Waals surface area (Å²) in [5.74, 6) is -4.73. The van der Waals surface area contributed by atoms with Crippen LogP contribution in [0.3, 0.4) is 0 Å². The van der Waals surface area contributed by atoms with E-state index in [9.17, 15) is 36.0 Å². The maximum absolute atomic E-state index is 13.4. The molecule has 0 aliphatic rings. The fourth-order valence-electron chi connectivity index (χ4n) is 5.74. The quantitative estimate of drug-likeness (QED) is 0.0835. The highest BCUT2D eigenvalue weighted by Crippen LogP contribution is 2.29. The van der Waals surface area contributed by atoms with Gasteiger partial charge in [-0.1, -0.05) is 54.1 Å². The Morgan fingerprint density at radius 2 is 1.62 bits per heavy atom. The number of sulfonamides is 1. The number of benzene rings is 3. The number of nitrogens with one attached hydrogen (secondary N) is 3. The number of aromatic nitrogens is 3. The average Bonchev–Trinajstić information content (AvgIpc) is 3.45. The topological polar surface area (TPSA) is 161 Å². The summed E-state index contributed by atoms with van der Waals surface area (Å²) >= 11 is 0. The van der Waals surface area contributed by atoms with Crippen LogP contribution in [-0.4, -0.2) is 66.3 Å². The summed E-state index contributed by atoms with van der Waals surface area (Å²) in [6, 6.07) is 20.6. The molecule has 16 heteroatoms. The second-order valence-electron chi connectivity index (χ2n) is 12.0. The summed E-state index contributed by atoms with van der Waals surface area (Å²) in [6.07, 6.45) is -3.15. The highest BCUT2D eigenvalue weighted by Gasteiger charge is 2.44. The van der Waals surface area contributed by atoms with Gasteiger partial charge >= 0.3 is 18.1 Å². The fourth-order valence-corrected chi connectivity index (χ4v) is 7.38. The van der Waals surface area contributed by atoms with Gasteiger partial charge in [-0.2, -0.15) is 23.0 Å². The minimum Gasteiger partial charge on any atom is -0.385 e. The van der Waals surface area contributed by atoms with Gasteiger partial charge in [0.25, 0.3) is 5.91 Å². The van der Waals surface area contributed by atoms with Crippen LogP contribution in [0.25, 0.3) is 22.2 Å². The number of anilines is 1. The molecule has 0 saturated carbocycles. The lowest BCUT2D eigenvalue weighted by atomic mass is 10.1. The SMILES string of the molecule is Cc1cc(C)c(S(=O)(=O)N[C@@H](CNC(=O)c2ccc3c(c2)c(-c2ccccc2)nn3CCCNc2ccccn2)C(=O)OC(=O)C(F)(F)F)c(C)c1. The van der Waals surface area contributed by atoms with Crippen molar-refractivity contribution in [1.82, 2.24) is 24.8 Å². The number of aryl methyl sites for hydroxylation is 4. The second kappa shape index (κ2) is 15.7. The lowest BCUT2D eigenvalue weighted by Gasteiger charge is -2.20. The summed E-state index contributed by atoms with van der Waals surface area (Å²) in [5.41, 5.74) is 3.54. The van der Waals surface area contributed by atoms with Crippen molar-refractivity contribution in [2.45, 2.75) is 50.9 Å². The van der Waals surface area contributed by atoms with Gasteiger partial charge in [0.05, 0.1) is 10.4 Å². The van der Waals surface area contributed by atoms with Crippen molar-refractivity contribution in [2.75, 3.05) is 18.4 Å². The molecule has 2 aromatic heterocycles. The lowest BCUT2D eigenvalue weighted by Crippen LogP contribution is -2.50. The molecule has 1 atom stereocenters. The molecule has 0 unspecified atom stereocenters. The van der Waals surface area contributed by atoms with Crippen LogP contribution in [0.15, 0.2) is 90.0 Å². The van der Waals surface area contributed by atoms with E-state index >= 15 is 0 Å². The summed E-state index contributed by atoms with van der Waals surface area (Å²) in [4.78, 5) is 41.8. The van der Waals surface area contributed by atoms with Crippen LogP contribution in [0, 0.1) is 20.8 Å². The number of esters is 2. The molecule has 0 saturated heterocycles. The number of amides is 1. The standard InChI is InChI=1S/C36H35F3N6O6S/c1-22-18-23(2)32(24(3)19-22)52(49,50)44-28(34(47)51-35(48)36(37,38)39)21-42-33(46)26-13-14-29-27(20-26)31(25-10-5-4-6-11-25)43-45(29)17-9-16-41-30-12-7-8-15-40-30/h4-8,10-15,18-20,28,44H,9,16-17,21H2,1-3H3,(H,40,41)(H,42,46)/t28-/m0/s1. The second-order valence-corrected chi connectivity index (χ2v) is 13.6. The zero-order valence-corrected chi connectivity index (χ0v) is 29.1. The molecule has 52 heavy (non-hydrogen) atoms. The van der Waals surface area contributed by atoms with Crippen molar-refractivity contribution >= 4 is 44.6 Å². The number of carbonyl (C=O) groups excluding carboxylic acids is 3. The Morgan fingerprint density at radius 3 is 2.27 bits per heavy atom. The average molecular weight is 737 g/mol. The van der Waals surface area contributed by atoms with Gasteiger partial charge < -0.3 is 15.4 Å².